The third-order valence-electron chi connectivity index (χ3n) is 3.58. The standard InChI is InChI=1S/C13H21BrN2O/c1-10-13(14)12(16(2)15-10)9-17-8-11-6-4-3-5-7-11/h11H,3-9H2,1-2H3. The average molecular weight is 301 g/mol. The molecule has 2 rings (SSSR count). The molecule has 0 amide bonds. The molecule has 0 unspecified atom stereocenters. The van der Waals surface area contributed by atoms with Gasteiger partial charge >= 0.3 is 0 Å². The molecule has 0 saturated heterocycles. The molecule has 17 heavy (non-hydrogen) atoms. The monoisotopic (exact) mass is 300 g/mol. The van der Waals surface area contributed by atoms with Gasteiger partial charge < -0.3 is 4.74 Å². The summed E-state index contributed by atoms with van der Waals surface area (Å²) in [6, 6.07) is 0. The van der Waals surface area contributed by atoms with E-state index in [-0.39, 0.29) is 0 Å². The van der Waals surface area contributed by atoms with Gasteiger partial charge in [-0.1, -0.05) is 19.3 Å². The van der Waals surface area contributed by atoms with Crippen LogP contribution in [0.5, 0.6) is 0 Å². The zero-order valence-corrected chi connectivity index (χ0v) is 12.3. The van der Waals surface area contributed by atoms with Crippen LogP contribution in [0.4, 0.5) is 0 Å². The number of aryl methyl sites for hydroxylation is 2. The SMILES string of the molecule is Cc1nn(C)c(COCC2CCCCC2)c1Br. The Bertz CT molecular complexity index is 370. The molecule has 1 aromatic heterocycles. The lowest BCUT2D eigenvalue weighted by Gasteiger charge is -2.21. The number of nitrogens with zero attached hydrogens (tertiary/aromatic N) is 2. The molecule has 1 saturated carbocycles. The smallest absolute Gasteiger partial charge is 0.0896 e. The highest BCUT2D eigenvalue weighted by atomic mass is 79.9. The number of halogens is 1. The highest BCUT2D eigenvalue weighted by Crippen LogP contribution is 2.25. The molecule has 0 spiro atoms. The van der Waals surface area contributed by atoms with E-state index in [9.17, 15) is 0 Å². The van der Waals surface area contributed by atoms with E-state index < -0.39 is 0 Å². The van der Waals surface area contributed by atoms with Gasteiger partial charge in [-0.15, -0.1) is 0 Å². The van der Waals surface area contributed by atoms with Crippen molar-refractivity contribution < 1.29 is 4.74 Å². The molecule has 1 aliphatic rings. The fourth-order valence-electron chi connectivity index (χ4n) is 2.51. The summed E-state index contributed by atoms with van der Waals surface area (Å²) >= 11 is 3.56. The first-order valence-electron chi connectivity index (χ1n) is 6.44. The van der Waals surface area contributed by atoms with Gasteiger partial charge in [0.15, 0.2) is 0 Å². The van der Waals surface area contributed by atoms with Crippen molar-refractivity contribution in [2.45, 2.75) is 45.6 Å². The third-order valence-corrected chi connectivity index (χ3v) is 4.61. The topological polar surface area (TPSA) is 27.1 Å². The molecule has 1 aromatic rings. The second kappa shape index (κ2) is 6.01. The van der Waals surface area contributed by atoms with Gasteiger partial charge in [0.2, 0.25) is 0 Å². The second-order valence-electron chi connectivity index (χ2n) is 4.99. The Hall–Kier alpha value is -0.350. The summed E-state index contributed by atoms with van der Waals surface area (Å²) < 4.78 is 8.83. The Morgan fingerprint density at radius 2 is 2.06 bits per heavy atom. The summed E-state index contributed by atoms with van der Waals surface area (Å²) in [6.07, 6.45) is 6.84. The Morgan fingerprint density at radius 3 is 2.65 bits per heavy atom. The molecular formula is C13H21BrN2O. The van der Waals surface area contributed by atoms with Crippen LogP contribution in [0, 0.1) is 12.8 Å². The Morgan fingerprint density at radius 1 is 1.35 bits per heavy atom. The van der Waals surface area contributed by atoms with Crippen molar-refractivity contribution >= 4 is 15.9 Å². The molecule has 0 radical (unpaired) electrons. The number of hydrogen-bond donors (Lipinski definition) is 0. The van der Waals surface area contributed by atoms with Crippen LogP contribution in [0.1, 0.15) is 43.5 Å². The zero-order chi connectivity index (χ0) is 12.3. The molecule has 1 aliphatic carbocycles. The van der Waals surface area contributed by atoms with E-state index in [1.54, 1.807) is 0 Å². The lowest BCUT2D eigenvalue weighted by molar-refractivity contribution is 0.0699. The molecule has 0 aliphatic heterocycles. The molecule has 4 heteroatoms. The Balaban J connectivity index is 1.81. The van der Waals surface area contributed by atoms with Crippen molar-refractivity contribution in [3.63, 3.8) is 0 Å². The van der Waals surface area contributed by atoms with Crippen LogP contribution in [-0.4, -0.2) is 16.4 Å². The van der Waals surface area contributed by atoms with Crippen LogP contribution in [0.15, 0.2) is 4.47 Å². The minimum atomic E-state index is 0.661. The Kier molecular flexibility index (Phi) is 4.62. The van der Waals surface area contributed by atoms with E-state index in [2.05, 4.69) is 21.0 Å². The summed E-state index contributed by atoms with van der Waals surface area (Å²) in [7, 11) is 1.97. The summed E-state index contributed by atoms with van der Waals surface area (Å²) in [5, 5.41) is 4.37. The van der Waals surface area contributed by atoms with Gasteiger partial charge in [-0.3, -0.25) is 4.68 Å². The zero-order valence-electron chi connectivity index (χ0n) is 10.7. The van der Waals surface area contributed by atoms with E-state index in [1.807, 2.05) is 18.7 Å². The van der Waals surface area contributed by atoms with E-state index in [0.29, 0.717) is 6.61 Å². The van der Waals surface area contributed by atoms with Gasteiger partial charge in [0.25, 0.3) is 0 Å². The normalized spacial score (nSPS) is 17.6. The molecular weight excluding hydrogens is 280 g/mol. The largest absolute Gasteiger partial charge is 0.375 e. The average Bonchev–Trinajstić information content (AvgIpc) is 2.57. The number of hydrogen-bond acceptors (Lipinski definition) is 2. The lowest BCUT2D eigenvalue weighted by atomic mass is 9.90. The molecule has 0 atom stereocenters. The minimum absolute atomic E-state index is 0.661. The predicted molar refractivity (Wildman–Crippen MR) is 71.9 cm³/mol. The van der Waals surface area contributed by atoms with Crippen molar-refractivity contribution in [2.75, 3.05) is 6.61 Å². The molecule has 1 fully saturated rings. The predicted octanol–water partition coefficient (Wildman–Crippen LogP) is 3.59. The summed E-state index contributed by atoms with van der Waals surface area (Å²) in [4.78, 5) is 0. The van der Waals surface area contributed by atoms with Crippen LogP contribution >= 0.6 is 15.9 Å². The van der Waals surface area contributed by atoms with Gasteiger partial charge in [-0.25, -0.2) is 0 Å². The van der Waals surface area contributed by atoms with Crippen molar-refractivity contribution in [1.82, 2.24) is 9.78 Å². The van der Waals surface area contributed by atoms with Gasteiger partial charge in [0, 0.05) is 13.7 Å². The number of rotatable bonds is 4. The van der Waals surface area contributed by atoms with Crippen LogP contribution in [0.2, 0.25) is 0 Å². The number of aromatic nitrogens is 2. The molecule has 0 bridgehead atoms. The number of ether oxygens (including phenoxy) is 1. The van der Waals surface area contributed by atoms with E-state index in [4.69, 9.17) is 4.74 Å². The van der Waals surface area contributed by atoms with Gasteiger partial charge in [-0.05, 0) is 41.6 Å². The third kappa shape index (κ3) is 3.32. The summed E-state index contributed by atoms with van der Waals surface area (Å²) in [6.45, 7) is 3.57. The fraction of sp³-hybridized carbons (Fsp3) is 0.769. The fourth-order valence-corrected chi connectivity index (χ4v) is 2.96. The summed E-state index contributed by atoms with van der Waals surface area (Å²) in [5.74, 6) is 0.775. The van der Waals surface area contributed by atoms with E-state index in [0.717, 1.165) is 28.4 Å². The van der Waals surface area contributed by atoms with Crippen LogP contribution < -0.4 is 0 Å². The van der Waals surface area contributed by atoms with Gasteiger partial charge in [0.05, 0.1) is 22.5 Å². The van der Waals surface area contributed by atoms with E-state index in [1.165, 1.54) is 32.1 Å². The lowest BCUT2D eigenvalue weighted by Crippen LogP contribution is -2.14. The molecule has 0 aromatic carbocycles. The van der Waals surface area contributed by atoms with Gasteiger partial charge in [0.1, 0.15) is 0 Å². The van der Waals surface area contributed by atoms with Crippen molar-refractivity contribution in [1.29, 1.82) is 0 Å². The van der Waals surface area contributed by atoms with Crippen molar-refractivity contribution in [2.24, 2.45) is 13.0 Å². The first kappa shape index (κ1) is 13.1. The highest BCUT2D eigenvalue weighted by molar-refractivity contribution is 9.10. The quantitative estimate of drug-likeness (QED) is 0.850. The second-order valence-corrected chi connectivity index (χ2v) is 5.78. The molecule has 1 heterocycles. The van der Waals surface area contributed by atoms with E-state index >= 15 is 0 Å². The molecule has 3 nitrogen and oxygen atoms in total. The van der Waals surface area contributed by atoms with Gasteiger partial charge in [-0.2, -0.15) is 5.10 Å². The summed E-state index contributed by atoms with van der Waals surface area (Å²) in [5.41, 5.74) is 2.17. The maximum atomic E-state index is 5.84. The van der Waals surface area contributed by atoms with Crippen molar-refractivity contribution in [3.05, 3.63) is 15.9 Å². The molecule has 0 N–H and O–H groups in total. The maximum Gasteiger partial charge on any atom is 0.0896 e. The molecule has 96 valence electrons. The first-order valence-corrected chi connectivity index (χ1v) is 7.23. The maximum absolute atomic E-state index is 5.84. The van der Waals surface area contributed by atoms with Crippen LogP contribution in [-0.2, 0) is 18.4 Å². The first-order chi connectivity index (χ1) is 8.18. The Labute approximate surface area is 112 Å². The highest BCUT2D eigenvalue weighted by Gasteiger charge is 2.15. The van der Waals surface area contributed by atoms with Crippen LogP contribution in [0.3, 0.4) is 0 Å². The minimum Gasteiger partial charge on any atom is -0.375 e. The van der Waals surface area contributed by atoms with Crippen molar-refractivity contribution in [3.8, 4) is 0 Å². The van der Waals surface area contributed by atoms with Crippen LogP contribution in [0.25, 0.3) is 0 Å².